The lowest BCUT2D eigenvalue weighted by Crippen LogP contribution is -2.31. The Morgan fingerprint density at radius 3 is 2.29 bits per heavy atom. The van der Waals surface area contributed by atoms with Gasteiger partial charge < -0.3 is 19.4 Å². The van der Waals surface area contributed by atoms with Crippen LogP contribution in [0.25, 0.3) is 0 Å². The lowest BCUT2D eigenvalue weighted by molar-refractivity contribution is 0.0940. The van der Waals surface area contributed by atoms with Gasteiger partial charge in [-0.25, -0.2) is 13.8 Å². The van der Waals surface area contributed by atoms with Crippen molar-refractivity contribution >= 4 is 5.91 Å². The number of rotatable bonds is 6. The molecule has 3 aromatic rings. The Balaban J connectivity index is 2.02. The van der Waals surface area contributed by atoms with E-state index in [4.69, 9.17) is 9.47 Å². The van der Waals surface area contributed by atoms with Crippen LogP contribution in [-0.2, 0) is 7.05 Å². The van der Waals surface area contributed by atoms with Crippen LogP contribution < -0.4 is 14.8 Å². The second kappa shape index (κ2) is 8.08. The van der Waals surface area contributed by atoms with Crippen LogP contribution in [0.1, 0.15) is 27.8 Å². The zero-order chi connectivity index (χ0) is 20.3. The van der Waals surface area contributed by atoms with E-state index >= 15 is 0 Å². The first kappa shape index (κ1) is 19.3. The number of carbonyl (C=O) groups is 1. The minimum Gasteiger partial charge on any atom is -0.497 e. The van der Waals surface area contributed by atoms with Gasteiger partial charge in [0, 0.05) is 31.1 Å². The fraction of sp³-hybridized carbons (Fsp3) is 0.200. The van der Waals surface area contributed by atoms with Gasteiger partial charge in [-0.3, -0.25) is 4.79 Å². The molecule has 8 heteroatoms. The van der Waals surface area contributed by atoms with E-state index in [0.717, 1.165) is 12.1 Å². The molecule has 0 bridgehead atoms. The van der Waals surface area contributed by atoms with E-state index in [9.17, 15) is 13.6 Å². The maximum atomic E-state index is 13.5. The van der Waals surface area contributed by atoms with Crippen LogP contribution in [0.2, 0.25) is 0 Å². The highest BCUT2D eigenvalue weighted by Crippen LogP contribution is 2.29. The van der Waals surface area contributed by atoms with Gasteiger partial charge in [0.1, 0.15) is 23.4 Å². The van der Waals surface area contributed by atoms with Crippen molar-refractivity contribution in [3.8, 4) is 11.5 Å². The molecule has 0 saturated heterocycles. The maximum absolute atomic E-state index is 13.5. The molecule has 146 valence electrons. The number of aryl methyl sites for hydroxylation is 1. The average Bonchev–Trinajstić information content (AvgIpc) is 3.13. The number of methoxy groups -OCH3 is 2. The number of halogens is 2. The van der Waals surface area contributed by atoms with Crippen LogP contribution in [-0.4, -0.2) is 29.7 Å². The molecule has 1 amide bonds. The smallest absolute Gasteiger partial charge is 0.252 e. The normalized spacial score (nSPS) is 11.8. The number of aromatic nitrogens is 2. The second-order valence-corrected chi connectivity index (χ2v) is 6.08. The molecule has 0 aliphatic rings. The standard InChI is InChI=1S/C20H19F2N3O3/c1-25-7-6-23-19(25)18(13-8-14(27-2)11-15(9-13)28-3)24-20(26)12-4-5-16(21)17(22)10-12/h4-11,18H,1-3H3,(H,24,26). The van der Waals surface area contributed by atoms with Gasteiger partial charge in [0.15, 0.2) is 11.6 Å². The van der Waals surface area contributed by atoms with E-state index in [0.29, 0.717) is 22.9 Å². The maximum Gasteiger partial charge on any atom is 0.252 e. The van der Waals surface area contributed by atoms with Crippen molar-refractivity contribution in [2.24, 2.45) is 7.05 Å². The Kier molecular flexibility index (Phi) is 5.58. The number of carbonyl (C=O) groups excluding carboxylic acids is 1. The summed E-state index contributed by atoms with van der Waals surface area (Å²) < 4.78 is 39.1. The molecule has 1 aromatic heterocycles. The summed E-state index contributed by atoms with van der Waals surface area (Å²) in [5.74, 6) is -1.06. The van der Waals surface area contributed by atoms with Crippen LogP contribution in [0.5, 0.6) is 11.5 Å². The topological polar surface area (TPSA) is 65.4 Å². The van der Waals surface area contributed by atoms with Gasteiger partial charge in [-0.15, -0.1) is 0 Å². The van der Waals surface area contributed by atoms with Crippen molar-refractivity contribution in [2.45, 2.75) is 6.04 Å². The van der Waals surface area contributed by atoms with Crippen molar-refractivity contribution in [3.63, 3.8) is 0 Å². The summed E-state index contributed by atoms with van der Waals surface area (Å²) in [6.45, 7) is 0. The Bertz CT molecular complexity index is 982. The number of ether oxygens (including phenoxy) is 2. The molecule has 2 aromatic carbocycles. The van der Waals surface area contributed by atoms with Gasteiger partial charge in [0.05, 0.1) is 14.2 Å². The van der Waals surface area contributed by atoms with Gasteiger partial charge >= 0.3 is 0 Å². The minimum absolute atomic E-state index is 0.00651. The molecule has 6 nitrogen and oxygen atoms in total. The minimum atomic E-state index is -1.09. The van der Waals surface area contributed by atoms with Crippen LogP contribution >= 0.6 is 0 Å². The number of hydrogen-bond acceptors (Lipinski definition) is 4. The van der Waals surface area contributed by atoms with Crippen LogP contribution in [0.3, 0.4) is 0 Å². The van der Waals surface area contributed by atoms with Crippen molar-refractivity contribution < 1.29 is 23.0 Å². The molecule has 0 spiro atoms. The molecule has 1 heterocycles. The molecule has 0 saturated carbocycles. The first-order chi connectivity index (χ1) is 13.4. The predicted molar refractivity (Wildman–Crippen MR) is 98.4 cm³/mol. The Labute approximate surface area is 160 Å². The third kappa shape index (κ3) is 3.95. The van der Waals surface area contributed by atoms with E-state index in [1.807, 2.05) is 0 Å². The number of benzene rings is 2. The third-order valence-electron chi connectivity index (χ3n) is 4.28. The molecule has 0 aliphatic heterocycles. The zero-order valence-corrected chi connectivity index (χ0v) is 15.6. The van der Waals surface area contributed by atoms with E-state index in [1.165, 1.54) is 20.3 Å². The SMILES string of the molecule is COc1cc(OC)cc(C(NC(=O)c2ccc(F)c(F)c2)c2nccn2C)c1. The fourth-order valence-corrected chi connectivity index (χ4v) is 2.80. The summed E-state index contributed by atoms with van der Waals surface area (Å²) in [6, 6.07) is 7.50. The highest BCUT2D eigenvalue weighted by molar-refractivity contribution is 5.94. The molecular weight excluding hydrogens is 368 g/mol. The van der Waals surface area contributed by atoms with E-state index in [2.05, 4.69) is 10.3 Å². The highest BCUT2D eigenvalue weighted by atomic mass is 19.2. The first-order valence-corrected chi connectivity index (χ1v) is 8.39. The Hall–Kier alpha value is -3.42. The Morgan fingerprint density at radius 2 is 1.75 bits per heavy atom. The monoisotopic (exact) mass is 387 g/mol. The van der Waals surface area contributed by atoms with E-state index < -0.39 is 23.6 Å². The molecule has 0 radical (unpaired) electrons. The van der Waals surface area contributed by atoms with Gasteiger partial charge in [0.2, 0.25) is 0 Å². The fourth-order valence-electron chi connectivity index (χ4n) is 2.80. The summed E-state index contributed by atoms with van der Waals surface area (Å²) in [5, 5.41) is 2.82. The summed E-state index contributed by atoms with van der Waals surface area (Å²) >= 11 is 0. The molecule has 1 atom stereocenters. The average molecular weight is 387 g/mol. The van der Waals surface area contributed by atoms with Crippen molar-refractivity contribution in [1.82, 2.24) is 14.9 Å². The third-order valence-corrected chi connectivity index (χ3v) is 4.28. The molecule has 0 aliphatic carbocycles. The highest BCUT2D eigenvalue weighted by Gasteiger charge is 2.23. The van der Waals surface area contributed by atoms with Gasteiger partial charge in [-0.2, -0.15) is 0 Å². The molecule has 1 unspecified atom stereocenters. The molecule has 28 heavy (non-hydrogen) atoms. The summed E-state index contributed by atoms with van der Waals surface area (Å²) in [4.78, 5) is 17.0. The number of nitrogens with one attached hydrogen (secondary N) is 1. The predicted octanol–water partition coefficient (Wildman–Crippen LogP) is 3.23. The summed E-state index contributed by atoms with van der Waals surface area (Å²) in [5.41, 5.74) is 0.648. The first-order valence-electron chi connectivity index (χ1n) is 8.39. The van der Waals surface area contributed by atoms with E-state index in [-0.39, 0.29) is 5.56 Å². The van der Waals surface area contributed by atoms with Crippen LogP contribution in [0.15, 0.2) is 48.8 Å². The molecule has 3 rings (SSSR count). The summed E-state index contributed by atoms with van der Waals surface area (Å²) in [6.07, 6.45) is 3.34. The lowest BCUT2D eigenvalue weighted by Gasteiger charge is -2.20. The van der Waals surface area contributed by atoms with E-state index in [1.54, 1.807) is 42.2 Å². The molecular formula is C20H19F2N3O3. The van der Waals surface area contributed by atoms with Gasteiger partial charge in [-0.05, 0) is 35.9 Å². The number of hydrogen-bond donors (Lipinski definition) is 1. The van der Waals surface area contributed by atoms with Gasteiger partial charge in [0.25, 0.3) is 5.91 Å². The Morgan fingerprint density at radius 1 is 1.07 bits per heavy atom. The second-order valence-electron chi connectivity index (χ2n) is 6.08. The number of nitrogens with zero attached hydrogens (tertiary/aromatic N) is 2. The number of imidazole rings is 1. The quantitative estimate of drug-likeness (QED) is 0.705. The largest absolute Gasteiger partial charge is 0.497 e. The van der Waals surface area contributed by atoms with Gasteiger partial charge in [-0.1, -0.05) is 0 Å². The zero-order valence-electron chi connectivity index (χ0n) is 15.6. The lowest BCUT2D eigenvalue weighted by atomic mass is 10.0. The van der Waals surface area contributed by atoms with Crippen molar-refractivity contribution in [1.29, 1.82) is 0 Å². The molecule has 0 fully saturated rings. The van der Waals surface area contributed by atoms with Crippen molar-refractivity contribution in [3.05, 3.63) is 77.4 Å². The van der Waals surface area contributed by atoms with Crippen LogP contribution in [0, 0.1) is 11.6 Å². The molecule has 1 N–H and O–H groups in total. The van der Waals surface area contributed by atoms with Crippen LogP contribution in [0.4, 0.5) is 8.78 Å². The van der Waals surface area contributed by atoms with Crippen molar-refractivity contribution in [2.75, 3.05) is 14.2 Å². The summed E-state index contributed by atoms with van der Waals surface area (Å²) in [7, 11) is 4.83. The number of amides is 1.